The molecule has 0 spiro atoms. The fraction of sp³-hybridized carbons (Fsp3) is 0.222. The highest BCUT2D eigenvalue weighted by Crippen LogP contribution is 2.42. The summed E-state index contributed by atoms with van der Waals surface area (Å²) in [5.41, 5.74) is 3.45. The minimum Gasteiger partial charge on any atom is -0.507 e. The summed E-state index contributed by atoms with van der Waals surface area (Å²) < 4.78 is 5.66. The summed E-state index contributed by atoms with van der Waals surface area (Å²) in [6.45, 7) is 7.72. The lowest BCUT2D eigenvalue weighted by Crippen LogP contribution is -2.30. The Morgan fingerprint density at radius 3 is 2.24 bits per heavy atom. The quantitative estimate of drug-likeness (QED) is 0.337. The van der Waals surface area contributed by atoms with E-state index >= 15 is 0 Å². The molecule has 1 aliphatic rings. The second kappa shape index (κ2) is 8.90. The molecule has 0 saturated carbocycles. The Morgan fingerprint density at radius 1 is 1.00 bits per heavy atom. The third-order valence-corrected chi connectivity index (χ3v) is 5.40. The molecule has 1 amide bonds. The number of benzene rings is 2. The van der Waals surface area contributed by atoms with Crippen LogP contribution in [0.3, 0.4) is 0 Å². The second-order valence-electron chi connectivity index (χ2n) is 8.46. The summed E-state index contributed by atoms with van der Waals surface area (Å²) in [5, 5.41) is 11.2. The van der Waals surface area contributed by atoms with Crippen LogP contribution in [0.1, 0.15) is 42.3 Å². The van der Waals surface area contributed by atoms with Gasteiger partial charge < -0.3 is 9.84 Å². The fourth-order valence-corrected chi connectivity index (χ4v) is 4.13. The number of pyridine rings is 1. The van der Waals surface area contributed by atoms with Crippen molar-refractivity contribution in [1.29, 1.82) is 0 Å². The zero-order valence-corrected chi connectivity index (χ0v) is 19.1. The lowest BCUT2D eigenvalue weighted by Gasteiger charge is -2.25. The Hall–Kier alpha value is -3.93. The maximum Gasteiger partial charge on any atom is 0.300 e. The third-order valence-electron chi connectivity index (χ3n) is 5.40. The van der Waals surface area contributed by atoms with E-state index in [1.807, 2.05) is 45.9 Å². The monoisotopic (exact) mass is 442 g/mol. The van der Waals surface area contributed by atoms with E-state index in [1.54, 1.807) is 48.7 Å². The van der Waals surface area contributed by atoms with Crippen molar-refractivity contribution in [2.45, 2.75) is 39.8 Å². The molecule has 0 bridgehead atoms. The molecule has 6 heteroatoms. The minimum absolute atomic E-state index is 0.00962. The molecule has 1 saturated heterocycles. The lowest BCUT2D eigenvalue weighted by atomic mass is 9.98. The molecule has 1 unspecified atom stereocenters. The molecule has 0 radical (unpaired) electrons. The molecule has 1 fully saturated rings. The number of rotatable bonds is 5. The molecule has 1 N–H and O–H groups in total. The normalized spacial score (nSPS) is 17.6. The molecule has 2 aromatic carbocycles. The number of hydrogen-bond donors (Lipinski definition) is 1. The van der Waals surface area contributed by atoms with Gasteiger partial charge in [-0.2, -0.15) is 0 Å². The van der Waals surface area contributed by atoms with Crippen molar-refractivity contribution in [1.82, 2.24) is 4.98 Å². The predicted molar refractivity (Wildman–Crippen MR) is 127 cm³/mol. The molecule has 3 aromatic rings. The van der Waals surface area contributed by atoms with Crippen LogP contribution in [0.5, 0.6) is 5.75 Å². The zero-order valence-electron chi connectivity index (χ0n) is 19.1. The van der Waals surface area contributed by atoms with Crippen molar-refractivity contribution in [3.8, 4) is 5.75 Å². The van der Waals surface area contributed by atoms with Crippen molar-refractivity contribution in [2.75, 3.05) is 4.90 Å². The lowest BCUT2D eigenvalue weighted by molar-refractivity contribution is -0.132. The van der Waals surface area contributed by atoms with Gasteiger partial charge in [-0.1, -0.05) is 12.1 Å². The number of carbonyl (C=O) groups excluding carboxylic acids is 2. The number of aliphatic hydroxyl groups is 1. The van der Waals surface area contributed by atoms with E-state index < -0.39 is 17.7 Å². The van der Waals surface area contributed by atoms with Crippen molar-refractivity contribution < 1.29 is 19.4 Å². The highest BCUT2D eigenvalue weighted by atomic mass is 16.5. The third kappa shape index (κ3) is 4.37. The highest BCUT2D eigenvalue weighted by molar-refractivity contribution is 6.51. The average Bonchev–Trinajstić information content (AvgIpc) is 3.04. The molecule has 1 aliphatic heterocycles. The van der Waals surface area contributed by atoms with E-state index in [0.29, 0.717) is 22.7 Å². The van der Waals surface area contributed by atoms with E-state index in [4.69, 9.17) is 4.74 Å². The van der Waals surface area contributed by atoms with Crippen LogP contribution in [0.4, 0.5) is 5.69 Å². The largest absolute Gasteiger partial charge is 0.507 e. The maximum atomic E-state index is 13.2. The molecule has 1 atom stereocenters. The van der Waals surface area contributed by atoms with Gasteiger partial charge in [0.1, 0.15) is 17.6 Å². The summed E-state index contributed by atoms with van der Waals surface area (Å²) in [6, 6.07) is 17.0. The number of ether oxygens (including phenoxy) is 1. The van der Waals surface area contributed by atoms with Crippen LogP contribution in [0, 0.1) is 13.8 Å². The summed E-state index contributed by atoms with van der Waals surface area (Å²) in [4.78, 5) is 32.3. The number of carbonyl (C=O) groups is 2. The second-order valence-corrected chi connectivity index (χ2v) is 8.46. The summed E-state index contributed by atoms with van der Waals surface area (Å²) >= 11 is 0. The molecule has 2 heterocycles. The summed E-state index contributed by atoms with van der Waals surface area (Å²) in [5.74, 6) is -1.03. The minimum atomic E-state index is -0.848. The summed E-state index contributed by atoms with van der Waals surface area (Å²) in [6.07, 6.45) is 1.62. The number of anilines is 1. The van der Waals surface area contributed by atoms with E-state index in [9.17, 15) is 14.7 Å². The molecule has 6 nitrogen and oxygen atoms in total. The molecule has 33 heavy (non-hydrogen) atoms. The van der Waals surface area contributed by atoms with Crippen LogP contribution >= 0.6 is 0 Å². The Morgan fingerprint density at radius 2 is 1.67 bits per heavy atom. The Bertz CT molecular complexity index is 1210. The molecule has 168 valence electrons. The number of Topliss-reactive ketones (excluding diaryl/α,β-unsaturated/α-hetero) is 1. The van der Waals surface area contributed by atoms with Gasteiger partial charge in [0.25, 0.3) is 11.7 Å². The number of aliphatic hydroxyl groups excluding tert-OH is 1. The molecule has 4 rings (SSSR count). The van der Waals surface area contributed by atoms with Gasteiger partial charge in [0.15, 0.2) is 0 Å². The first-order valence-electron chi connectivity index (χ1n) is 10.8. The van der Waals surface area contributed by atoms with Gasteiger partial charge >= 0.3 is 0 Å². The first-order chi connectivity index (χ1) is 15.8. The van der Waals surface area contributed by atoms with Crippen molar-refractivity contribution in [3.05, 3.63) is 94.8 Å². The summed E-state index contributed by atoms with van der Waals surface area (Å²) in [7, 11) is 0. The zero-order chi connectivity index (χ0) is 23.7. The van der Waals surface area contributed by atoms with E-state index in [0.717, 1.165) is 11.1 Å². The van der Waals surface area contributed by atoms with Crippen LogP contribution < -0.4 is 9.64 Å². The van der Waals surface area contributed by atoms with Crippen LogP contribution in [0.2, 0.25) is 0 Å². The molecule has 0 aliphatic carbocycles. The average molecular weight is 443 g/mol. The van der Waals surface area contributed by atoms with Gasteiger partial charge in [0.05, 0.1) is 17.4 Å². The fourth-order valence-electron chi connectivity index (χ4n) is 4.13. The van der Waals surface area contributed by atoms with Crippen molar-refractivity contribution >= 4 is 23.1 Å². The van der Waals surface area contributed by atoms with Gasteiger partial charge in [0.2, 0.25) is 0 Å². The van der Waals surface area contributed by atoms with Crippen molar-refractivity contribution in [2.24, 2.45) is 0 Å². The van der Waals surface area contributed by atoms with Crippen LogP contribution in [0.15, 0.2) is 72.4 Å². The number of hydrogen-bond acceptors (Lipinski definition) is 5. The predicted octanol–water partition coefficient (Wildman–Crippen LogP) is 5.11. The standard InChI is InChI=1S/C27H26N2O4/c1-16(2)33-21-10-8-19(9-11-21)25(30)23-24(22-7-5-6-12-28-22)29(27(32)26(23)31)20-14-17(3)13-18(4)15-20/h5-16,24,30H,1-4H3/b25-23+. The molecule has 1 aromatic heterocycles. The van der Waals surface area contributed by atoms with Crippen LogP contribution in [0.25, 0.3) is 5.76 Å². The molecular weight excluding hydrogens is 416 g/mol. The molecular formula is C27H26N2O4. The Balaban J connectivity index is 1.87. The topological polar surface area (TPSA) is 79.7 Å². The maximum absolute atomic E-state index is 13.2. The van der Waals surface area contributed by atoms with E-state index in [-0.39, 0.29) is 17.4 Å². The van der Waals surface area contributed by atoms with Gasteiger partial charge in [-0.25, -0.2) is 0 Å². The Labute approximate surface area is 193 Å². The Kier molecular flexibility index (Phi) is 6.01. The number of nitrogens with zero attached hydrogens (tertiary/aromatic N) is 2. The van der Waals surface area contributed by atoms with Gasteiger partial charge in [-0.05, 0) is 87.4 Å². The van der Waals surface area contributed by atoms with E-state index in [2.05, 4.69) is 4.98 Å². The number of aromatic nitrogens is 1. The SMILES string of the molecule is Cc1cc(C)cc(N2C(=O)C(=O)/C(=C(/O)c3ccc(OC(C)C)cc3)C2c2ccccn2)c1. The highest BCUT2D eigenvalue weighted by Gasteiger charge is 2.47. The smallest absolute Gasteiger partial charge is 0.300 e. The first-order valence-corrected chi connectivity index (χ1v) is 10.8. The van der Waals surface area contributed by atoms with E-state index in [1.165, 1.54) is 4.90 Å². The van der Waals surface area contributed by atoms with Crippen molar-refractivity contribution in [3.63, 3.8) is 0 Å². The number of ketones is 1. The number of aryl methyl sites for hydroxylation is 2. The van der Waals surface area contributed by atoms with Crippen LogP contribution in [-0.2, 0) is 9.59 Å². The first kappa shape index (κ1) is 22.3. The van der Waals surface area contributed by atoms with Gasteiger partial charge in [-0.15, -0.1) is 0 Å². The van der Waals surface area contributed by atoms with Gasteiger partial charge in [-0.3, -0.25) is 19.5 Å². The number of amides is 1. The van der Waals surface area contributed by atoms with Crippen LogP contribution in [-0.4, -0.2) is 27.9 Å². The van der Waals surface area contributed by atoms with Gasteiger partial charge in [0, 0.05) is 17.4 Å².